The van der Waals surface area contributed by atoms with Crippen LogP contribution in [0.2, 0.25) is 0 Å². The predicted octanol–water partition coefficient (Wildman–Crippen LogP) is 5.33. The summed E-state index contributed by atoms with van der Waals surface area (Å²) in [4.78, 5) is 26.3. The molecule has 0 saturated heterocycles. The molecule has 1 aromatic carbocycles. The molecule has 3 aromatic rings. The van der Waals surface area contributed by atoms with E-state index in [4.69, 9.17) is 9.47 Å². The molecule has 37 heavy (non-hydrogen) atoms. The first kappa shape index (κ1) is 27.6. The van der Waals surface area contributed by atoms with Crippen molar-refractivity contribution < 1.29 is 23.0 Å². The fourth-order valence-electron chi connectivity index (χ4n) is 3.98. The summed E-state index contributed by atoms with van der Waals surface area (Å²) < 4.78 is 39.9. The highest BCUT2D eigenvalue weighted by molar-refractivity contribution is 5.93. The number of nitrogens with zero attached hydrogens (tertiary/aromatic N) is 4. The average molecular weight is 516 g/mol. The fourth-order valence-corrected chi connectivity index (χ4v) is 3.98. The second kappa shape index (κ2) is 12.3. The van der Waals surface area contributed by atoms with Crippen molar-refractivity contribution in [2.24, 2.45) is 13.0 Å². The highest BCUT2D eigenvalue weighted by atomic mass is 19.3. The van der Waals surface area contributed by atoms with Crippen molar-refractivity contribution in [1.82, 2.24) is 19.6 Å². The number of halogens is 2. The number of hydrogen-bond acceptors (Lipinski definition) is 6. The van der Waals surface area contributed by atoms with Crippen LogP contribution in [-0.2, 0) is 16.6 Å². The van der Waals surface area contributed by atoms with Gasteiger partial charge in [-0.1, -0.05) is 45.4 Å². The van der Waals surface area contributed by atoms with Gasteiger partial charge in [0.2, 0.25) is 0 Å². The van der Waals surface area contributed by atoms with Crippen LogP contribution in [0.4, 0.5) is 14.6 Å². The molecule has 11 heteroatoms. The number of aryl methyl sites for hydroxylation is 1. The van der Waals surface area contributed by atoms with E-state index in [0.717, 1.165) is 23.6 Å². The highest BCUT2D eigenvalue weighted by Crippen LogP contribution is 2.31. The zero-order valence-electron chi connectivity index (χ0n) is 21.3. The summed E-state index contributed by atoms with van der Waals surface area (Å²) in [5.74, 6) is 0.210. The molecule has 2 atom stereocenters. The summed E-state index contributed by atoms with van der Waals surface area (Å²) >= 11 is 0. The lowest BCUT2D eigenvalue weighted by atomic mass is 9.97. The Bertz CT molecular complexity index is 1300. The Kier molecular flexibility index (Phi) is 9.15. The highest BCUT2D eigenvalue weighted by Gasteiger charge is 2.26. The zero-order valence-corrected chi connectivity index (χ0v) is 21.3. The minimum absolute atomic E-state index is 0.0115. The van der Waals surface area contributed by atoms with Crippen molar-refractivity contribution in [3.8, 4) is 11.5 Å². The quantitative estimate of drug-likeness (QED) is 0.327. The van der Waals surface area contributed by atoms with Gasteiger partial charge in [-0.05, 0) is 24.5 Å². The monoisotopic (exact) mass is 515 g/mol. The van der Waals surface area contributed by atoms with Gasteiger partial charge < -0.3 is 14.8 Å². The van der Waals surface area contributed by atoms with E-state index in [1.807, 2.05) is 13.8 Å². The third-order valence-corrected chi connectivity index (χ3v) is 5.85. The van der Waals surface area contributed by atoms with Crippen molar-refractivity contribution in [2.75, 3.05) is 12.4 Å². The third-order valence-electron chi connectivity index (χ3n) is 5.85. The van der Waals surface area contributed by atoms with Gasteiger partial charge >= 0.3 is 0 Å². The minimum atomic E-state index is -2.74. The number of benzene rings is 1. The SMILES string of the molecule is C=C(OC)c1cc(NC(=O)C(CC(C)CCC)n2ncc(Oc3ccccc3C(F)F)cc2=O)nn1C. The number of carbonyl (C=O) groups is 1. The van der Waals surface area contributed by atoms with Crippen LogP contribution < -0.4 is 15.6 Å². The molecular weight excluding hydrogens is 484 g/mol. The number of hydrogen-bond donors (Lipinski definition) is 1. The standard InChI is InChI=1S/C26H31F2N5O4/c1-6-9-16(2)12-21(26(35)30-23-14-20(17(3)36-5)32(4)31-23)33-24(34)13-18(15-29-33)37-22-11-8-7-10-19(22)25(27)28/h7-8,10-11,13-16,21,25H,3,6,9,12H2,1-2,4-5H3,(H,30,31,35). The van der Waals surface area contributed by atoms with Crippen LogP contribution in [0.1, 0.15) is 56.8 Å². The van der Waals surface area contributed by atoms with Crippen molar-refractivity contribution >= 4 is 17.5 Å². The molecule has 2 heterocycles. The van der Waals surface area contributed by atoms with Crippen LogP contribution in [0, 0.1) is 5.92 Å². The maximum Gasteiger partial charge on any atom is 0.271 e. The number of alkyl halides is 2. The smallest absolute Gasteiger partial charge is 0.271 e. The minimum Gasteiger partial charge on any atom is -0.495 e. The fraction of sp³-hybridized carbons (Fsp3) is 0.385. The average Bonchev–Trinajstić information content (AvgIpc) is 3.22. The van der Waals surface area contributed by atoms with Gasteiger partial charge in [0.15, 0.2) is 11.6 Å². The number of carbonyl (C=O) groups excluding carboxylic acids is 1. The van der Waals surface area contributed by atoms with Gasteiger partial charge in [-0.15, -0.1) is 0 Å². The molecule has 9 nitrogen and oxygen atoms in total. The van der Waals surface area contributed by atoms with E-state index < -0.39 is 23.9 Å². The Morgan fingerprint density at radius 3 is 2.62 bits per heavy atom. The summed E-state index contributed by atoms with van der Waals surface area (Å²) in [6.07, 6.45) is 0.606. The van der Waals surface area contributed by atoms with Crippen LogP contribution in [0.15, 0.2) is 54.0 Å². The largest absolute Gasteiger partial charge is 0.495 e. The van der Waals surface area contributed by atoms with Crippen LogP contribution >= 0.6 is 0 Å². The first-order valence-corrected chi connectivity index (χ1v) is 11.9. The molecule has 198 valence electrons. The summed E-state index contributed by atoms with van der Waals surface area (Å²) in [5.41, 5.74) is -0.330. The molecule has 1 N–H and O–H groups in total. The van der Waals surface area contributed by atoms with E-state index in [1.165, 1.54) is 36.2 Å². The van der Waals surface area contributed by atoms with Crippen molar-refractivity contribution in [3.63, 3.8) is 0 Å². The van der Waals surface area contributed by atoms with Crippen LogP contribution in [0.25, 0.3) is 5.76 Å². The zero-order chi connectivity index (χ0) is 27.1. The van der Waals surface area contributed by atoms with Gasteiger partial charge in [0.1, 0.15) is 23.2 Å². The predicted molar refractivity (Wildman–Crippen MR) is 136 cm³/mol. The summed E-state index contributed by atoms with van der Waals surface area (Å²) in [7, 11) is 3.17. The van der Waals surface area contributed by atoms with E-state index in [2.05, 4.69) is 22.1 Å². The molecule has 3 rings (SSSR count). The van der Waals surface area contributed by atoms with Gasteiger partial charge in [0, 0.05) is 19.2 Å². The lowest BCUT2D eigenvalue weighted by Crippen LogP contribution is -2.35. The van der Waals surface area contributed by atoms with E-state index in [9.17, 15) is 18.4 Å². The molecule has 0 bridgehead atoms. The molecule has 2 unspecified atom stereocenters. The molecular formula is C26H31F2N5O4. The number of para-hydroxylation sites is 1. The third kappa shape index (κ3) is 6.81. The van der Waals surface area contributed by atoms with Gasteiger partial charge in [-0.2, -0.15) is 10.2 Å². The van der Waals surface area contributed by atoms with E-state index in [0.29, 0.717) is 17.9 Å². The lowest BCUT2D eigenvalue weighted by molar-refractivity contribution is -0.120. The van der Waals surface area contributed by atoms with Gasteiger partial charge in [0.25, 0.3) is 17.9 Å². The molecule has 0 aliphatic rings. The first-order valence-electron chi connectivity index (χ1n) is 11.9. The first-order chi connectivity index (χ1) is 17.6. The molecule has 0 fully saturated rings. The van der Waals surface area contributed by atoms with E-state index >= 15 is 0 Å². The molecule has 0 spiro atoms. The summed E-state index contributed by atoms with van der Waals surface area (Å²) in [6.45, 7) is 7.83. The molecule has 0 saturated carbocycles. The molecule has 0 radical (unpaired) electrons. The maximum absolute atomic E-state index is 13.3. The van der Waals surface area contributed by atoms with Crippen molar-refractivity contribution in [2.45, 2.75) is 45.6 Å². The number of aromatic nitrogens is 4. The Morgan fingerprint density at radius 2 is 1.97 bits per heavy atom. The normalized spacial score (nSPS) is 12.7. The second-order valence-corrected chi connectivity index (χ2v) is 8.71. The summed E-state index contributed by atoms with van der Waals surface area (Å²) in [5, 5.41) is 11.2. The van der Waals surface area contributed by atoms with E-state index in [1.54, 1.807) is 19.2 Å². The number of amides is 1. The maximum atomic E-state index is 13.3. The van der Waals surface area contributed by atoms with Gasteiger partial charge in [-0.25, -0.2) is 13.5 Å². The number of rotatable bonds is 12. The van der Waals surface area contributed by atoms with Crippen molar-refractivity contribution in [1.29, 1.82) is 0 Å². The lowest BCUT2D eigenvalue weighted by Gasteiger charge is -2.21. The second-order valence-electron chi connectivity index (χ2n) is 8.71. The van der Waals surface area contributed by atoms with Crippen LogP contribution in [-0.4, -0.2) is 32.6 Å². The van der Waals surface area contributed by atoms with Crippen LogP contribution in [0.5, 0.6) is 11.5 Å². The number of ether oxygens (including phenoxy) is 2. The Labute approximate surface area is 213 Å². The topological polar surface area (TPSA) is 100 Å². The molecule has 0 aliphatic carbocycles. The number of methoxy groups -OCH3 is 1. The Balaban J connectivity index is 1.89. The van der Waals surface area contributed by atoms with Crippen LogP contribution in [0.3, 0.4) is 0 Å². The molecule has 2 aromatic heterocycles. The van der Waals surface area contributed by atoms with Gasteiger partial charge in [0.05, 0.1) is 18.9 Å². The molecule has 0 aliphatic heterocycles. The van der Waals surface area contributed by atoms with Gasteiger partial charge in [-0.3, -0.25) is 14.3 Å². The number of anilines is 1. The summed E-state index contributed by atoms with van der Waals surface area (Å²) in [6, 6.07) is 7.46. The Hall–Kier alpha value is -4.02. The van der Waals surface area contributed by atoms with E-state index in [-0.39, 0.29) is 28.8 Å². The number of nitrogens with one attached hydrogen (secondary N) is 1. The van der Waals surface area contributed by atoms with Crippen molar-refractivity contribution in [3.05, 3.63) is 70.8 Å². The molecule has 1 amide bonds. The Morgan fingerprint density at radius 1 is 1.24 bits per heavy atom.